The smallest absolute Gasteiger partial charge is 0.243 e. The van der Waals surface area contributed by atoms with Crippen molar-refractivity contribution in [2.75, 3.05) is 19.6 Å². The van der Waals surface area contributed by atoms with Crippen LogP contribution < -0.4 is 76.9 Å². The number of aliphatic imine (C=N–C) groups is 2. The number of amides is 8. The van der Waals surface area contributed by atoms with Gasteiger partial charge in [0.15, 0.2) is 11.9 Å². The lowest BCUT2D eigenvalue weighted by Gasteiger charge is -2.32. The fourth-order valence-electron chi connectivity index (χ4n) is 8.34. The second-order valence-electron chi connectivity index (χ2n) is 18.2. The molecule has 2 heterocycles. The van der Waals surface area contributed by atoms with Crippen LogP contribution in [0.5, 0.6) is 0 Å². The van der Waals surface area contributed by atoms with Crippen molar-refractivity contribution in [3.8, 4) is 0 Å². The maximum Gasteiger partial charge on any atom is 0.243 e. The average molecular weight is 1050 g/mol. The number of primary amides is 2. The van der Waals surface area contributed by atoms with E-state index in [1.165, 1.54) is 6.92 Å². The van der Waals surface area contributed by atoms with Gasteiger partial charge < -0.3 is 81.5 Å². The molecule has 8 amide bonds. The molecule has 27 heteroatoms. The molecule has 1 aliphatic rings. The summed E-state index contributed by atoms with van der Waals surface area (Å²) in [6.45, 7) is 1.39. The number of benzene rings is 2. The van der Waals surface area contributed by atoms with Crippen LogP contribution in [0.3, 0.4) is 0 Å². The minimum atomic E-state index is -1.93. The van der Waals surface area contributed by atoms with E-state index < -0.39 is 115 Å². The topological polar surface area (TPSA) is 470 Å². The maximum absolute atomic E-state index is 14.6. The first-order chi connectivity index (χ1) is 35.7. The van der Waals surface area contributed by atoms with Crippen molar-refractivity contribution in [3.05, 3.63) is 71.9 Å². The van der Waals surface area contributed by atoms with Gasteiger partial charge in [0.05, 0.1) is 37.0 Å². The number of aromatic amines is 1. The van der Waals surface area contributed by atoms with Gasteiger partial charge in [-0.2, -0.15) is 0 Å². The molecule has 75 heavy (non-hydrogen) atoms. The van der Waals surface area contributed by atoms with Crippen LogP contribution in [-0.4, -0.2) is 149 Å². The summed E-state index contributed by atoms with van der Waals surface area (Å²) in [4.78, 5) is 120. The SMILES string of the molecule is CC(=O)N[C@@H](CCCN=C(N)N)C(O)N[C@H]1CC(=O)NCCCC[C@@H](C(N)=O)NC(=O)[C@H](Cc2c[nH]c3ccccc23)NC(=O)[C@H](CCCN=C(N)N)NC(=O)[C@@H](Cc2ccccc2)NC(O)[C@H](CC(N)=O)NC1=O. The largest absolute Gasteiger partial charge is 0.376 e. The number of guanidine groups is 2. The van der Waals surface area contributed by atoms with Crippen LogP contribution >= 0.6 is 0 Å². The highest BCUT2D eigenvalue weighted by Crippen LogP contribution is 2.20. The molecular formula is C48H73N17O10. The normalized spacial score (nSPS) is 22.7. The van der Waals surface area contributed by atoms with E-state index in [1.54, 1.807) is 42.6 Å². The van der Waals surface area contributed by atoms with Crippen LogP contribution in [0, 0.1) is 0 Å². The van der Waals surface area contributed by atoms with Crippen LogP contribution in [0.1, 0.15) is 75.8 Å². The van der Waals surface area contributed by atoms with E-state index in [2.05, 4.69) is 57.5 Å². The monoisotopic (exact) mass is 1050 g/mol. The molecule has 1 saturated heterocycles. The van der Waals surface area contributed by atoms with E-state index in [9.17, 15) is 48.6 Å². The first-order valence-corrected chi connectivity index (χ1v) is 24.6. The summed E-state index contributed by atoms with van der Waals surface area (Å²) in [7, 11) is 0. The lowest BCUT2D eigenvalue weighted by molar-refractivity contribution is -0.134. The summed E-state index contributed by atoms with van der Waals surface area (Å²) in [6.07, 6.45) is -2.54. The summed E-state index contributed by atoms with van der Waals surface area (Å²) in [5.41, 5.74) is 35.4. The van der Waals surface area contributed by atoms with Crippen LogP contribution in [0.25, 0.3) is 10.9 Å². The molecular weight excluding hydrogens is 975 g/mol. The number of carbonyl (C=O) groups is 8. The number of aromatic nitrogens is 1. The van der Waals surface area contributed by atoms with Crippen molar-refractivity contribution in [2.24, 2.45) is 44.4 Å². The van der Waals surface area contributed by atoms with Crippen molar-refractivity contribution in [1.29, 1.82) is 0 Å². The zero-order valence-corrected chi connectivity index (χ0v) is 41.9. The number of H-pyrrole nitrogens is 1. The van der Waals surface area contributed by atoms with Crippen LogP contribution in [0.2, 0.25) is 0 Å². The molecule has 0 saturated carbocycles. The second-order valence-corrected chi connectivity index (χ2v) is 18.2. The number of para-hydroxylation sites is 1. The summed E-state index contributed by atoms with van der Waals surface area (Å²) in [5, 5.41) is 45.4. The molecule has 4 rings (SSSR count). The molecule has 2 aromatic carbocycles. The first-order valence-electron chi connectivity index (χ1n) is 24.6. The van der Waals surface area contributed by atoms with Crippen molar-refractivity contribution in [3.63, 3.8) is 0 Å². The van der Waals surface area contributed by atoms with E-state index in [0.717, 1.165) is 10.9 Å². The van der Waals surface area contributed by atoms with Gasteiger partial charge in [0.1, 0.15) is 30.6 Å². The number of hydrogen-bond donors (Lipinski definition) is 17. The zero-order chi connectivity index (χ0) is 55.0. The molecule has 27 nitrogen and oxygen atoms in total. The Labute approximate surface area is 433 Å². The third-order valence-electron chi connectivity index (χ3n) is 12.1. The number of nitrogens with zero attached hydrogens (tertiary/aromatic N) is 2. The molecule has 1 aromatic heterocycles. The number of rotatable bonds is 19. The Morgan fingerprint density at radius 1 is 0.760 bits per heavy atom. The van der Waals surface area contributed by atoms with Crippen LogP contribution in [0.15, 0.2) is 70.8 Å². The fraction of sp³-hybridized carbons (Fsp3) is 0.500. The highest BCUT2D eigenvalue weighted by atomic mass is 16.3. The minimum absolute atomic E-state index is 0.00898. The number of carbonyl (C=O) groups excluding carboxylic acids is 8. The van der Waals surface area contributed by atoms with Gasteiger partial charge >= 0.3 is 0 Å². The van der Waals surface area contributed by atoms with E-state index in [4.69, 9.17) is 34.4 Å². The molecule has 9 atom stereocenters. The molecule has 23 N–H and O–H groups in total. The zero-order valence-electron chi connectivity index (χ0n) is 41.9. The summed E-state index contributed by atoms with van der Waals surface area (Å²) in [6, 6.07) is 6.23. The summed E-state index contributed by atoms with van der Waals surface area (Å²) < 4.78 is 0. The number of nitrogens with two attached hydrogens (primary N) is 6. The average Bonchev–Trinajstić information content (AvgIpc) is 3.76. The molecule has 0 bridgehead atoms. The van der Waals surface area contributed by atoms with Gasteiger partial charge in [-0.25, -0.2) is 0 Å². The van der Waals surface area contributed by atoms with Gasteiger partial charge in [0.25, 0.3) is 0 Å². The second kappa shape index (κ2) is 30.3. The van der Waals surface area contributed by atoms with E-state index in [1.807, 2.05) is 18.2 Å². The molecule has 1 aliphatic heterocycles. The van der Waals surface area contributed by atoms with Gasteiger partial charge in [-0.1, -0.05) is 48.5 Å². The lowest BCUT2D eigenvalue weighted by atomic mass is 10.0. The minimum Gasteiger partial charge on any atom is -0.376 e. The Morgan fingerprint density at radius 2 is 1.40 bits per heavy atom. The van der Waals surface area contributed by atoms with Gasteiger partial charge in [-0.15, -0.1) is 0 Å². The molecule has 2 unspecified atom stereocenters. The van der Waals surface area contributed by atoms with Crippen molar-refractivity contribution in [1.82, 2.24) is 47.5 Å². The standard InChI is InChI=1S/C48H73N17O10/c1-26(66)59-32(16-9-19-56-47(51)52)41(70)65-37-24-39(68)55-18-8-7-15-31(40(50)69)60-44(73)35(22-28-25-58-30-14-6-5-13-29(28)30)63-42(71)33(17-10-20-57-48(53)54)61-43(72)34(21-27-11-3-2-4-12-27)62-45(74)36(23-38(49)67)64-46(37)75/h2-6,11-14,25,31-37,41,45,58,62,65,70,74H,7-10,15-24H2,1H3,(H2,49,67)(H2,50,69)(H,55,68)(H,59,66)(H,60,73)(H,61,72)(H,63,71)(H,64,75)(H4,51,52,56)(H4,53,54,57)/t31-,32-,33-,34+,35-,36-,37-,41?,45?/m0/s1. The number of hydrogen-bond acceptors (Lipinski definition) is 14. The molecule has 0 radical (unpaired) electrons. The van der Waals surface area contributed by atoms with Crippen molar-refractivity contribution in [2.45, 2.75) is 132 Å². The highest BCUT2D eigenvalue weighted by molar-refractivity contribution is 5.95. The molecule has 0 spiro atoms. The molecule has 410 valence electrons. The maximum atomic E-state index is 14.6. The Morgan fingerprint density at radius 3 is 2.07 bits per heavy atom. The lowest BCUT2D eigenvalue weighted by Crippen LogP contribution is -2.62. The van der Waals surface area contributed by atoms with Crippen LogP contribution in [-0.2, 0) is 51.2 Å². The summed E-state index contributed by atoms with van der Waals surface area (Å²) >= 11 is 0. The fourth-order valence-corrected chi connectivity index (χ4v) is 8.34. The van der Waals surface area contributed by atoms with Crippen molar-refractivity contribution >= 4 is 70.1 Å². The molecule has 3 aromatic rings. The van der Waals surface area contributed by atoms with Crippen molar-refractivity contribution < 1.29 is 48.6 Å². The molecule has 0 aliphatic carbocycles. The van der Waals surface area contributed by atoms with E-state index in [-0.39, 0.29) is 89.3 Å². The Balaban J connectivity index is 1.77. The van der Waals surface area contributed by atoms with Gasteiger partial charge in [-0.3, -0.25) is 59.0 Å². The third-order valence-corrected chi connectivity index (χ3v) is 12.1. The number of aliphatic hydroxyl groups excluding tert-OH is 2. The first kappa shape index (κ1) is 59.7. The van der Waals surface area contributed by atoms with Gasteiger partial charge in [0.2, 0.25) is 47.3 Å². The van der Waals surface area contributed by atoms with Gasteiger partial charge in [0, 0.05) is 50.1 Å². The quantitative estimate of drug-likeness (QED) is 0.0232. The number of aliphatic hydroxyl groups is 2. The Hall–Kier alpha value is -7.88. The summed E-state index contributed by atoms with van der Waals surface area (Å²) in [5.74, 6) is -6.94. The Kier molecular flexibility index (Phi) is 24.1. The molecule has 1 fully saturated rings. The van der Waals surface area contributed by atoms with Crippen LogP contribution in [0.4, 0.5) is 0 Å². The third kappa shape index (κ3) is 20.9. The van der Waals surface area contributed by atoms with Gasteiger partial charge in [-0.05, 0) is 68.6 Å². The highest BCUT2D eigenvalue weighted by Gasteiger charge is 2.36. The number of nitrogens with one attached hydrogen (secondary N) is 9. The van der Waals surface area contributed by atoms with E-state index in [0.29, 0.717) is 11.1 Å². The predicted octanol–water partition coefficient (Wildman–Crippen LogP) is -4.89. The van der Waals surface area contributed by atoms with E-state index >= 15 is 0 Å². The predicted molar refractivity (Wildman–Crippen MR) is 278 cm³/mol. The Bertz CT molecular complexity index is 2460. The number of fused-ring (bicyclic) bond motifs is 1.